The summed E-state index contributed by atoms with van der Waals surface area (Å²) in [6.45, 7) is 2.86. The molecule has 1 aromatic heterocycles. The van der Waals surface area contributed by atoms with E-state index < -0.39 is 0 Å². The van der Waals surface area contributed by atoms with Crippen molar-refractivity contribution in [1.82, 2.24) is 19.7 Å². The fourth-order valence-corrected chi connectivity index (χ4v) is 3.06. The van der Waals surface area contributed by atoms with Gasteiger partial charge in [0, 0.05) is 32.2 Å². The Morgan fingerprint density at radius 1 is 1.12 bits per heavy atom. The molecular weight excluding hydrogens is 304 g/mol. The summed E-state index contributed by atoms with van der Waals surface area (Å²) in [5.74, 6) is 0.237. The van der Waals surface area contributed by atoms with Gasteiger partial charge in [-0.25, -0.2) is 0 Å². The lowest BCUT2D eigenvalue weighted by molar-refractivity contribution is -0.132. The first-order chi connectivity index (χ1) is 11.8. The van der Waals surface area contributed by atoms with Gasteiger partial charge in [0.1, 0.15) is 12.7 Å². The molecule has 0 spiro atoms. The van der Waals surface area contributed by atoms with Crippen LogP contribution in [0, 0.1) is 0 Å². The van der Waals surface area contributed by atoms with Crippen LogP contribution >= 0.6 is 0 Å². The van der Waals surface area contributed by atoms with Crippen molar-refractivity contribution >= 4 is 5.91 Å². The summed E-state index contributed by atoms with van der Waals surface area (Å²) in [5, 5.41) is 7.70. The topological polar surface area (TPSA) is 60.2 Å². The molecule has 0 N–H and O–H groups in total. The van der Waals surface area contributed by atoms with Gasteiger partial charge in [-0.2, -0.15) is 0 Å². The number of piperidine rings is 1. The largest absolute Gasteiger partial charge is 0.377 e. The van der Waals surface area contributed by atoms with Gasteiger partial charge in [0.15, 0.2) is 0 Å². The minimum absolute atomic E-state index is 0.237. The Kier molecular flexibility index (Phi) is 5.96. The molecular formula is C18H24N4O2. The SMILES string of the molecule is O=C(CCCOCc1ccccc1)N1CCC(n2cnnc2)CC1. The van der Waals surface area contributed by atoms with Crippen LogP contribution in [0.5, 0.6) is 0 Å². The average Bonchev–Trinajstić information content (AvgIpc) is 3.17. The molecule has 6 nitrogen and oxygen atoms in total. The molecule has 6 heteroatoms. The molecule has 0 radical (unpaired) electrons. The molecule has 0 aliphatic carbocycles. The van der Waals surface area contributed by atoms with Crippen molar-refractivity contribution < 1.29 is 9.53 Å². The van der Waals surface area contributed by atoms with Crippen molar-refractivity contribution in [3.63, 3.8) is 0 Å². The Bertz CT molecular complexity index is 607. The third kappa shape index (κ3) is 4.64. The molecule has 1 saturated heterocycles. The van der Waals surface area contributed by atoms with Crippen LogP contribution in [0.1, 0.15) is 37.3 Å². The first-order valence-electron chi connectivity index (χ1n) is 8.56. The Balaban J connectivity index is 1.30. The number of likely N-dealkylation sites (tertiary alicyclic amines) is 1. The molecule has 3 rings (SSSR count). The van der Waals surface area contributed by atoms with Crippen LogP contribution in [0.25, 0.3) is 0 Å². The maximum atomic E-state index is 12.3. The number of ether oxygens (including phenoxy) is 1. The lowest BCUT2D eigenvalue weighted by Gasteiger charge is -2.32. The highest BCUT2D eigenvalue weighted by atomic mass is 16.5. The molecule has 2 heterocycles. The number of rotatable bonds is 7. The van der Waals surface area contributed by atoms with E-state index >= 15 is 0 Å². The first-order valence-corrected chi connectivity index (χ1v) is 8.56. The van der Waals surface area contributed by atoms with Crippen molar-refractivity contribution in [3.05, 3.63) is 48.5 Å². The maximum Gasteiger partial charge on any atom is 0.222 e. The number of hydrogen-bond acceptors (Lipinski definition) is 4. The van der Waals surface area contributed by atoms with E-state index in [0.29, 0.717) is 25.7 Å². The van der Waals surface area contributed by atoms with E-state index in [4.69, 9.17) is 4.74 Å². The zero-order chi connectivity index (χ0) is 16.6. The number of benzene rings is 1. The zero-order valence-corrected chi connectivity index (χ0v) is 13.9. The highest BCUT2D eigenvalue weighted by Gasteiger charge is 2.23. The highest BCUT2D eigenvalue weighted by Crippen LogP contribution is 2.22. The highest BCUT2D eigenvalue weighted by molar-refractivity contribution is 5.76. The van der Waals surface area contributed by atoms with Crippen LogP contribution in [0.3, 0.4) is 0 Å². The number of nitrogens with zero attached hydrogens (tertiary/aromatic N) is 4. The zero-order valence-electron chi connectivity index (χ0n) is 13.9. The Hall–Kier alpha value is -2.21. The van der Waals surface area contributed by atoms with Crippen LogP contribution in [0.2, 0.25) is 0 Å². The van der Waals surface area contributed by atoms with Gasteiger partial charge in [-0.15, -0.1) is 10.2 Å². The van der Waals surface area contributed by atoms with Gasteiger partial charge in [0.05, 0.1) is 6.61 Å². The monoisotopic (exact) mass is 328 g/mol. The van der Waals surface area contributed by atoms with Crippen molar-refractivity contribution in [1.29, 1.82) is 0 Å². The van der Waals surface area contributed by atoms with Crippen molar-refractivity contribution in [3.8, 4) is 0 Å². The number of aromatic nitrogens is 3. The molecule has 0 saturated carbocycles. The van der Waals surface area contributed by atoms with E-state index in [-0.39, 0.29) is 5.91 Å². The molecule has 128 valence electrons. The molecule has 2 aromatic rings. The molecule has 1 aliphatic heterocycles. The lowest BCUT2D eigenvalue weighted by Crippen LogP contribution is -2.38. The van der Waals surface area contributed by atoms with E-state index in [1.807, 2.05) is 39.8 Å². The van der Waals surface area contributed by atoms with E-state index in [0.717, 1.165) is 32.4 Å². The second kappa shape index (κ2) is 8.59. The van der Waals surface area contributed by atoms with Crippen LogP contribution in [-0.4, -0.2) is 45.3 Å². The van der Waals surface area contributed by atoms with Gasteiger partial charge in [-0.1, -0.05) is 30.3 Å². The Morgan fingerprint density at radius 3 is 2.54 bits per heavy atom. The first kappa shape index (κ1) is 16.6. The van der Waals surface area contributed by atoms with E-state index in [1.54, 1.807) is 12.7 Å². The van der Waals surface area contributed by atoms with Crippen LogP contribution < -0.4 is 0 Å². The summed E-state index contributed by atoms with van der Waals surface area (Å²) in [5.41, 5.74) is 1.17. The van der Waals surface area contributed by atoms with Crippen LogP contribution in [-0.2, 0) is 16.1 Å². The minimum Gasteiger partial charge on any atom is -0.377 e. The average molecular weight is 328 g/mol. The quantitative estimate of drug-likeness (QED) is 0.733. The van der Waals surface area contributed by atoms with Gasteiger partial charge >= 0.3 is 0 Å². The molecule has 1 fully saturated rings. The predicted molar refractivity (Wildman–Crippen MR) is 90.2 cm³/mol. The standard InChI is InChI=1S/C18H24N4O2/c23-18(7-4-12-24-13-16-5-2-1-3-6-16)21-10-8-17(9-11-21)22-14-19-20-15-22/h1-3,5-6,14-15,17H,4,7-13H2. The summed E-state index contributed by atoms with van der Waals surface area (Å²) in [6.07, 6.45) is 6.78. The number of carbonyl (C=O) groups excluding carboxylic acids is 1. The van der Waals surface area contributed by atoms with Gasteiger partial charge in [0.25, 0.3) is 0 Å². The lowest BCUT2D eigenvalue weighted by atomic mass is 10.0. The summed E-state index contributed by atoms with van der Waals surface area (Å²) in [6, 6.07) is 10.5. The number of carbonyl (C=O) groups is 1. The van der Waals surface area contributed by atoms with Crippen molar-refractivity contribution in [2.45, 2.75) is 38.3 Å². The molecule has 1 aromatic carbocycles. The Labute approximate surface area is 142 Å². The molecule has 0 atom stereocenters. The molecule has 24 heavy (non-hydrogen) atoms. The molecule has 1 aliphatic rings. The van der Waals surface area contributed by atoms with Crippen molar-refractivity contribution in [2.75, 3.05) is 19.7 Å². The fraction of sp³-hybridized carbons (Fsp3) is 0.500. The maximum absolute atomic E-state index is 12.3. The Morgan fingerprint density at radius 2 is 1.83 bits per heavy atom. The normalized spacial score (nSPS) is 15.6. The fourth-order valence-electron chi connectivity index (χ4n) is 3.06. The van der Waals surface area contributed by atoms with E-state index in [2.05, 4.69) is 10.2 Å². The summed E-state index contributed by atoms with van der Waals surface area (Å²) >= 11 is 0. The van der Waals surface area contributed by atoms with Crippen LogP contribution in [0.4, 0.5) is 0 Å². The second-order valence-corrected chi connectivity index (χ2v) is 6.16. The smallest absolute Gasteiger partial charge is 0.222 e. The second-order valence-electron chi connectivity index (χ2n) is 6.16. The third-order valence-electron chi connectivity index (χ3n) is 4.47. The van der Waals surface area contributed by atoms with Gasteiger partial charge < -0.3 is 14.2 Å². The summed E-state index contributed by atoms with van der Waals surface area (Å²) < 4.78 is 7.68. The molecule has 0 unspecified atom stereocenters. The molecule has 1 amide bonds. The van der Waals surface area contributed by atoms with E-state index in [1.165, 1.54) is 5.56 Å². The molecule has 0 bridgehead atoms. The van der Waals surface area contributed by atoms with Gasteiger partial charge in [-0.3, -0.25) is 4.79 Å². The third-order valence-corrected chi connectivity index (χ3v) is 4.47. The van der Waals surface area contributed by atoms with Gasteiger partial charge in [0.2, 0.25) is 5.91 Å². The van der Waals surface area contributed by atoms with Crippen LogP contribution in [0.15, 0.2) is 43.0 Å². The van der Waals surface area contributed by atoms with Crippen molar-refractivity contribution in [2.24, 2.45) is 0 Å². The summed E-state index contributed by atoms with van der Waals surface area (Å²) in [4.78, 5) is 14.2. The van der Waals surface area contributed by atoms with E-state index in [9.17, 15) is 4.79 Å². The number of hydrogen-bond donors (Lipinski definition) is 0. The van der Waals surface area contributed by atoms with Gasteiger partial charge in [-0.05, 0) is 24.8 Å². The number of amides is 1. The summed E-state index contributed by atoms with van der Waals surface area (Å²) in [7, 11) is 0. The minimum atomic E-state index is 0.237. The predicted octanol–water partition coefficient (Wildman–Crippen LogP) is 2.44.